The average Bonchev–Trinajstić information content (AvgIpc) is 3.30. The highest BCUT2D eigenvalue weighted by molar-refractivity contribution is 7.92. The Hall–Kier alpha value is -3.45. The van der Waals surface area contributed by atoms with E-state index >= 15 is 4.39 Å². The second-order valence-electron chi connectivity index (χ2n) is 8.27. The van der Waals surface area contributed by atoms with Crippen LogP contribution in [-0.2, 0) is 21.2 Å². The smallest absolute Gasteiger partial charge is 0.407 e. The number of nitrogens with zero attached hydrogens (tertiary/aromatic N) is 3. The van der Waals surface area contributed by atoms with E-state index in [0.717, 1.165) is 6.26 Å². The normalized spacial score (nSPS) is 13.1. The van der Waals surface area contributed by atoms with Crippen molar-refractivity contribution in [2.45, 2.75) is 32.2 Å². The van der Waals surface area contributed by atoms with Crippen molar-refractivity contribution in [3.8, 4) is 11.3 Å². The van der Waals surface area contributed by atoms with Crippen LogP contribution in [-0.4, -0.2) is 60.6 Å². The van der Waals surface area contributed by atoms with E-state index in [1.54, 1.807) is 25.4 Å². The molecule has 0 saturated carbocycles. The molecule has 11 nitrogen and oxygen atoms in total. The lowest BCUT2D eigenvalue weighted by Gasteiger charge is -2.15. The number of carbonyl (C=O) groups is 1. The van der Waals surface area contributed by atoms with Crippen LogP contribution in [0.15, 0.2) is 30.6 Å². The van der Waals surface area contributed by atoms with Gasteiger partial charge in [-0.1, -0.05) is 18.5 Å². The standard InChI is InChI=1S/C22H27ClFN7O4S/c1-12(7-14-8-15(23)9-18(19(14)24)31-36(4,33)34)20-16(11-27-30-20)17-5-6-25-21(29-17)26-10-13(2)28-22(32)35-3/h5-6,8-9,11-13,31H,7,10H2,1-4H3,(H,27,30)(H,28,32)(H,25,26,29)/t12?,13-/m0/s1. The Balaban J connectivity index is 1.78. The van der Waals surface area contributed by atoms with Gasteiger partial charge in [-0.25, -0.2) is 27.6 Å². The number of halogens is 2. The first kappa shape index (κ1) is 27.1. The zero-order valence-electron chi connectivity index (χ0n) is 20.1. The zero-order chi connectivity index (χ0) is 26.5. The number of hydrogen-bond acceptors (Lipinski definition) is 8. The van der Waals surface area contributed by atoms with E-state index in [-0.39, 0.29) is 34.7 Å². The highest BCUT2D eigenvalue weighted by Crippen LogP contribution is 2.32. The summed E-state index contributed by atoms with van der Waals surface area (Å²) in [7, 11) is -2.39. The SMILES string of the molecule is COC(=O)N[C@@H](C)CNc1nccc(-c2c[nH]nc2C(C)Cc2cc(Cl)cc(NS(C)(=O)=O)c2F)n1. The largest absolute Gasteiger partial charge is 0.453 e. The first-order chi connectivity index (χ1) is 17.0. The van der Waals surface area contributed by atoms with Gasteiger partial charge in [0.1, 0.15) is 0 Å². The lowest BCUT2D eigenvalue weighted by molar-refractivity contribution is 0.168. The van der Waals surface area contributed by atoms with Crippen LogP contribution >= 0.6 is 11.6 Å². The van der Waals surface area contributed by atoms with Crippen LogP contribution in [0.1, 0.15) is 31.0 Å². The number of carbonyl (C=O) groups excluding carboxylic acids is 1. The predicted octanol–water partition coefficient (Wildman–Crippen LogP) is 3.53. The van der Waals surface area contributed by atoms with Gasteiger partial charge in [0.15, 0.2) is 5.82 Å². The number of rotatable bonds is 10. The molecule has 2 aromatic heterocycles. The molecule has 0 aliphatic rings. The molecule has 1 aromatic carbocycles. The summed E-state index contributed by atoms with van der Waals surface area (Å²) in [6.45, 7) is 4.03. The Morgan fingerprint density at radius 3 is 2.75 bits per heavy atom. The van der Waals surface area contributed by atoms with Crippen molar-refractivity contribution in [2.24, 2.45) is 0 Å². The van der Waals surface area contributed by atoms with Crippen molar-refractivity contribution in [2.75, 3.05) is 29.9 Å². The Morgan fingerprint density at radius 1 is 1.31 bits per heavy atom. The van der Waals surface area contributed by atoms with Crippen LogP contribution in [0.4, 0.5) is 20.8 Å². The molecule has 1 unspecified atom stereocenters. The lowest BCUT2D eigenvalue weighted by atomic mass is 9.94. The Bertz CT molecular complexity index is 1340. The number of anilines is 2. The Labute approximate surface area is 213 Å². The van der Waals surface area contributed by atoms with Crippen LogP contribution in [0.3, 0.4) is 0 Å². The molecule has 0 bridgehead atoms. The zero-order valence-corrected chi connectivity index (χ0v) is 21.7. The van der Waals surface area contributed by atoms with Crippen LogP contribution in [0.25, 0.3) is 11.3 Å². The first-order valence-electron chi connectivity index (χ1n) is 10.9. The summed E-state index contributed by atoms with van der Waals surface area (Å²) in [6.07, 6.45) is 3.88. The molecule has 2 atom stereocenters. The number of methoxy groups -OCH3 is 1. The second-order valence-corrected chi connectivity index (χ2v) is 10.5. The van der Waals surface area contributed by atoms with E-state index in [9.17, 15) is 13.2 Å². The van der Waals surface area contributed by atoms with Crippen molar-refractivity contribution in [1.29, 1.82) is 0 Å². The molecule has 0 fully saturated rings. The molecule has 0 spiro atoms. The van der Waals surface area contributed by atoms with E-state index in [2.05, 4.69) is 40.3 Å². The predicted molar refractivity (Wildman–Crippen MR) is 135 cm³/mol. The average molecular weight is 540 g/mol. The number of aromatic nitrogens is 4. The van der Waals surface area contributed by atoms with Gasteiger partial charge in [-0.3, -0.25) is 9.82 Å². The second kappa shape index (κ2) is 11.5. The van der Waals surface area contributed by atoms with E-state index in [4.69, 9.17) is 11.6 Å². The minimum Gasteiger partial charge on any atom is -0.453 e. The fraction of sp³-hybridized carbons (Fsp3) is 0.364. The summed E-state index contributed by atoms with van der Waals surface area (Å²) in [5.41, 5.74) is 1.95. The fourth-order valence-electron chi connectivity index (χ4n) is 3.53. The first-order valence-corrected chi connectivity index (χ1v) is 13.1. The van der Waals surface area contributed by atoms with Crippen LogP contribution in [0.5, 0.6) is 0 Å². The molecule has 0 aliphatic heterocycles. The van der Waals surface area contributed by atoms with Crippen LogP contribution in [0, 0.1) is 5.82 Å². The van der Waals surface area contributed by atoms with E-state index in [1.807, 2.05) is 6.92 Å². The molecule has 4 N–H and O–H groups in total. The lowest BCUT2D eigenvalue weighted by Crippen LogP contribution is -2.37. The molecule has 3 rings (SSSR count). The molecular formula is C22H27ClFN7O4S. The highest BCUT2D eigenvalue weighted by Gasteiger charge is 2.21. The Kier molecular flexibility index (Phi) is 8.69. The highest BCUT2D eigenvalue weighted by atomic mass is 35.5. The van der Waals surface area contributed by atoms with Crippen molar-refractivity contribution in [3.05, 3.63) is 52.7 Å². The van der Waals surface area contributed by atoms with Gasteiger partial charge in [0.2, 0.25) is 16.0 Å². The Morgan fingerprint density at radius 2 is 2.06 bits per heavy atom. The maximum Gasteiger partial charge on any atom is 0.407 e. The van der Waals surface area contributed by atoms with Crippen LogP contribution < -0.4 is 15.4 Å². The summed E-state index contributed by atoms with van der Waals surface area (Å²) in [5.74, 6) is -0.624. The van der Waals surface area contributed by atoms with Gasteiger partial charge in [0, 0.05) is 41.5 Å². The maximum absolute atomic E-state index is 15.0. The van der Waals surface area contributed by atoms with E-state index in [1.165, 1.54) is 19.2 Å². The third-order valence-electron chi connectivity index (χ3n) is 5.12. The van der Waals surface area contributed by atoms with Gasteiger partial charge in [-0.2, -0.15) is 5.10 Å². The summed E-state index contributed by atoms with van der Waals surface area (Å²) < 4.78 is 44.9. The molecule has 1 amide bonds. The third kappa shape index (κ3) is 7.28. The van der Waals surface area contributed by atoms with Gasteiger partial charge in [-0.05, 0) is 37.1 Å². The summed E-state index contributed by atoms with van der Waals surface area (Å²) >= 11 is 6.11. The summed E-state index contributed by atoms with van der Waals surface area (Å²) in [5, 5.41) is 13.1. The molecule has 36 heavy (non-hydrogen) atoms. The van der Waals surface area contributed by atoms with Gasteiger partial charge >= 0.3 is 6.09 Å². The number of H-pyrrole nitrogens is 1. The molecule has 194 valence electrons. The quantitative estimate of drug-likeness (QED) is 0.305. The number of sulfonamides is 1. The molecular weight excluding hydrogens is 513 g/mol. The van der Waals surface area contributed by atoms with E-state index in [0.29, 0.717) is 29.4 Å². The fourth-order valence-corrected chi connectivity index (χ4v) is 4.31. The maximum atomic E-state index is 15.0. The van der Waals surface area contributed by atoms with Crippen LogP contribution in [0.2, 0.25) is 5.02 Å². The summed E-state index contributed by atoms with van der Waals surface area (Å²) in [6, 6.07) is 4.17. The number of amides is 1. The molecule has 0 aliphatic carbocycles. The minimum atomic E-state index is -3.68. The molecule has 3 aromatic rings. The van der Waals surface area contributed by atoms with Crippen molar-refractivity contribution in [3.63, 3.8) is 0 Å². The monoisotopic (exact) mass is 539 g/mol. The number of alkyl carbamates (subject to hydrolysis) is 1. The molecule has 0 radical (unpaired) electrons. The van der Waals surface area contributed by atoms with E-state index < -0.39 is 21.9 Å². The van der Waals surface area contributed by atoms with Crippen molar-refractivity contribution in [1.82, 2.24) is 25.5 Å². The molecule has 14 heteroatoms. The van der Waals surface area contributed by atoms with Crippen molar-refractivity contribution >= 4 is 39.4 Å². The van der Waals surface area contributed by atoms with Gasteiger partial charge < -0.3 is 15.4 Å². The van der Waals surface area contributed by atoms with Gasteiger partial charge in [-0.15, -0.1) is 0 Å². The number of hydrogen-bond donors (Lipinski definition) is 4. The topological polar surface area (TPSA) is 151 Å². The summed E-state index contributed by atoms with van der Waals surface area (Å²) in [4.78, 5) is 20.1. The molecule has 0 saturated heterocycles. The number of nitrogens with one attached hydrogen (secondary N) is 4. The number of ether oxygens (including phenoxy) is 1. The van der Waals surface area contributed by atoms with Gasteiger partial charge in [0.25, 0.3) is 0 Å². The third-order valence-corrected chi connectivity index (χ3v) is 5.93. The van der Waals surface area contributed by atoms with Crippen molar-refractivity contribution < 1.29 is 22.3 Å². The molecule has 2 heterocycles. The number of aromatic amines is 1. The minimum absolute atomic E-state index is 0.203. The number of benzene rings is 1. The van der Waals surface area contributed by atoms with Gasteiger partial charge in [0.05, 0.1) is 30.4 Å².